The monoisotopic (exact) mass is 353 g/mol. The molecular weight excluding hydrogens is 335 g/mol. The van der Waals surface area contributed by atoms with Crippen LogP contribution in [0.1, 0.15) is 31.2 Å². The first kappa shape index (κ1) is 15.8. The van der Waals surface area contributed by atoms with E-state index in [-0.39, 0.29) is 12.8 Å². The third-order valence-electron chi connectivity index (χ3n) is 3.93. The summed E-state index contributed by atoms with van der Waals surface area (Å²) < 4.78 is 40.7. The second-order valence-corrected chi connectivity index (χ2v) is 6.07. The normalized spacial score (nSPS) is 18.7. The summed E-state index contributed by atoms with van der Waals surface area (Å²) in [5.41, 5.74) is 2.03. The van der Waals surface area contributed by atoms with Crippen LogP contribution in [0.4, 0.5) is 13.2 Å². The number of hydrogen-bond acceptors (Lipinski definition) is 2. The molecule has 20 heavy (non-hydrogen) atoms. The van der Waals surface area contributed by atoms with E-state index in [9.17, 15) is 13.2 Å². The minimum absolute atomic E-state index is 0.194. The van der Waals surface area contributed by atoms with E-state index >= 15 is 0 Å². The fraction of sp³-hybridized carbons (Fsp3) is 0.769. The molecule has 114 valence electrons. The van der Waals surface area contributed by atoms with Crippen molar-refractivity contribution in [1.29, 1.82) is 0 Å². The van der Waals surface area contributed by atoms with E-state index in [0.29, 0.717) is 19.6 Å². The van der Waals surface area contributed by atoms with E-state index in [2.05, 4.69) is 25.9 Å². The van der Waals surface area contributed by atoms with Gasteiger partial charge in [-0.25, -0.2) is 0 Å². The van der Waals surface area contributed by atoms with E-state index in [0.717, 1.165) is 22.3 Å². The molecule has 0 atom stereocenters. The van der Waals surface area contributed by atoms with Gasteiger partial charge in [-0.1, -0.05) is 6.92 Å². The maximum absolute atomic E-state index is 12.6. The highest BCUT2D eigenvalue weighted by Gasteiger charge is 2.41. The molecule has 0 radical (unpaired) electrons. The van der Waals surface area contributed by atoms with Crippen LogP contribution in [0.25, 0.3) is 0 Å². The zero-order chi connectivity index (χ0) is 14.9. The summed E-state index contributed by atoms with van der Waals surface area (Å²) in [4.78, 5) is 2.07. The topological polar surface area (TPSA) is 21.1 Å². The van der Waals surface area contributed by atoms with Gasteiger partial charge in [0.05, 0.1) is 21.8 Å². The molecule has 1 fully saturated rings. The minimum Gasteiger partial charge on any atom is -0.297 e. The molecule has 0 spiro atoms. The predicted octanol–water partition coefficient (Wildman–Crippen LogP) is 3.52. The molecule has 7 heteroatoms. The Balaban J connectivity index is 1.98. The van der Waals surface area contributed by atoms with Crippen LogP contribution < -0.4 is 0 Å². The van der Waals surface area contributed by atoms with Gasteiger partial charge in [-0.3, -0.25) is 9.58 Å². The van der Waals surface area contributed by atoms with Crippen molar-refractivity contribution in [3.8, 4) is 0 Å². The summed E-state index contributed by atoms with van der Waals surface area (Å²) in [6.45, 7) is 3.66. The number of halogens is 4. The van der Waals surface area contributed by atoms with Gasteiger partial charge in [0.25, 0.3) is 0 Å². The van der Waals surface area contributed by atoms with Crippen molar-refractivity contribution in [3.63, 3.8) is 0 Å². The lowest BCUT2D eigenvalue weighted by Crippen LogP contribution is -2.38. The first-order chi connectivity index (χ1) is 9.32. The molecule has 0 bridgehead atoms. The van der Waals surface area contributed by atoms with Gasteiger partial charge in [0, 0.05) is 13.6 Å². The van der Waals surface area contributed by atoms with E-state index in [1.54, 1.807) is 0 Å². The van der Waals surface area contributed by atoms with Crippen LogP contribution in [-0.4, -0.2) is 33.9 Å². The second-order valence-electron chi connectivity index (χ2n) is 5.28. The maximum Gasteiger partial charge on any atom is 0.391 e. The average Bonchev–Trinajstić information content (AvgIpc) is 2.66. The highest BCUT2D eigenvalue weighted by Crippen LogP contribution is 2.34. The van der Waals surface area contributed by atoms with Crippen LogP contribution >= 0.6 is 15.9 Å². The molecule has 1 aliphatic heterocycles. The second kappa shape index (κ2) is 6.05. The molecule has 1 saturated heterocycles. The Labute approximate surface area is 125 Å². The average molecular weight is 354 g/mol. The van der Waals surface area contributed by atoms with Gasteiger partial charge >= 0.3 is 6.18 Å². The lowest BCUT2D eigenvalue weighted by Gasteiger charge is -2.32. The Hall–Kier alpha value is -0.560. The Kier molecular flexibility index (Phi) is 4.79. The largest absolute Gasteiger partial charge is 0.391 e. The number of alkyl halides is 3. The molecular formula is C13H19BrF3N3. The molecule has 3 nitrogen and oxygen atoms in total. The Morgan fingerprint density at radius 2 is 1.90 bits per heavy atom. The summed E-state index contributed by atoms with van der Waals surface area (Å²) in [6.07, 6.45) is -2.82. The fourth-order valence-electron chi connectivity index (χ4n) is 2.62. The molecule has 0 amide bonds. The molecule has 2 rings (SSSR count). The Morgan fingerprint density at radius 1 is 1.30 bits per heavy atom. The van der Waals surface area contributed by atoms with Gasteiger partial charge in [0.1, 0.15) is 0 Å². The summed E-state index contributed by atoms with van der Waals surface area (Å²) in [6, 6.07) is 0. The van der Waals surface area contributed by atoms with Crippen molar-refractivity contribution >= 4 is 15.9 Å². The SMILES string of the molecule is CCc1nn(C)c(CN2CCC(C(F)(F)F)CC2)c1Br. The number of nitrogens with zero attached hydrogens (tertiary/aromatic N) is 3. The minimum atomic E-state index is -4.05. The fourth-order valence-corrected chi connectivity index (χ4v) is 3.36. The van der Waals surface area contributed by atoms with Crippen molar-refractivity contribution in [3.05, 3.63) is 15.9 Å². The third-order valence-corrected chi connectivity index (χ3v) is 4.84. The van der Waals surface area contributed by atoms with Crippen molar-refractivity contribution in [1.82, 2.24) is 14.7 Å². The van der Waals surface area contributed by atoms with E-state index in [1.807, 2.05) is 18.7 Å². The molecule has 0 unspecified atom stereocenters. The lowest BCUT2D eigenvalue weighted by atomic mass is 9.96. The van der Waals surface area contributed by atoms with Gasteiger partial charge in [-0.05, 0) is 48.3 Å². The molecule has 1 aliphatic rings. The quantitative estimate of drug-likeness (QED) is 0.828. The van der Waals surface area contributed by atoms with Crippen LogP contribution in [0.15, 0.2) is 4.47 Å². The number of rotatable bonds is 3. The number of likely N-dealkylation sites (tertiary alicyclic amines) is 1. The first-order valence-corrected chi connectivity index (χ1v) is 7.61. The molecule has 0 aliphatic carbocycles. The predicted molar refractivity (Wildman–Crippen MR) is 74.3 cm³/mol. The smallest absolute Gasteiger partial charge is 0.297 e. The lowest BCUT2D eigenvalue weighted by molar-refractivity contribution is -0.185. The molecule has 0 aromatic carbocycles. The Morgan fingerprint density at radius 3 is 2.35 bits per heavy atom. The van der Waals surface area contributed by atoms with Crippen molar-refractivity contribution in [2.45, 2.75) is 38.9 Å². The van der Waals surface area contributed by atoms with Crippen LogP contribution in [0.5, 0.6) is 0 Å². The van der Waals surface area contributed by atoms with E-state index in [1.165, 1.54) is 0 Å². The molecule has 1 aromatic heterocycles. The standard InChI is InChI=1S/C13H19BrF3N3/c1-3-10-12(14)11(19(2)18-10)8-20-6-4-9(5-7-20)13(15,16)17/h9H,3-8H2,1-2H3. The number of piperidine rings is 1. The first-order valence-electron chi connectivity index (χ1n) is 6.82. The number of aromatic nitrogens is 2. The number of hydrogen-bond donors (Lipinski definition) is 0. The van der Waals surface area contributed by atoms with Crippen molar-refractivity contribution < 1.29 is 13.2 Å². The van der Waals surface area contributed by atoms with Crippen LogP contribution in [0.3, 0.4) is 0 Å². The van der Waals surface area contributed by atoms with Gasteiger partial charge in [-0.15, -0.1) is 0 Å². The van der Waals surface area contributed by atoms with Gasteiger partial charge in [-0.2, -0.15) is 18.3 Å². The van der Waals surface area contributed by atoms with E-state index in [4.69, 9.17) is 0 Å². The summed E-state index contributed by atoms with van der Waals surface area (Å²) >= 11 is 3.54. The maximum atomic E-state index is 12.6. The summed E-state index contributed by atoms with van der Waals surface area (Å²) in [5, 5.41) is 4.41. The number of aryl methyl sites for hydroxylation is 2. The van der Waals surface area contributed by atoms with E-state index < -0.39 is 12.1 Å². The zero-order valence-electron chi connectivity index (χ0n) is 11.7. The molecule has 1 aromatic rings. The van der Waals surface area contributed by atoms with Gasteiger partial charge in [0.2, 0.25) is 0 Å². The highest BCUT2D eigenvalue weighted by atomic mass is 79.9. The van der Waals surface area contributed by atoms with Crippen LogP contribution in [-0.2, 0) is 20.0 Å². The summed E-state index contributed by atoms with van der Waals surface area (Å²) in [7, 11) is 1.88. The summed E-state index contributed by atoms with van der Waals surface area (Å²) in [5.74, 6) is -1.14. The van der Waals surface area contributed by atoms with Crippen molar-refractivity contribution in [2.24, 2.45) is 13.0 Å². The highest BCUT2D eigenvalue weighted by molar-refractivity contribution is 9.10. The van der Waals surface area contributed by atoms with Crippen LogP contribution in [0, 0.1) is 5.92 Å². The Bertz CT molecular complexity index is 462. The van der Waals surface area contributed by atoms with Crippen molar-refractivity contribution in [2.75, 3.05) is 13.1 Å². The zero-order valence-corrected chi connectivity index (χ0v) is 13.3. The van der Waals surface area contributed by atoms with Crippen LogP contribution in [0.2, 0.25) is 0 Å². The molecule has 0 saturated carbocycles. The molecule has 0 N–H and O–H groups in total. The third kappa shape index (κ3) is 3.36. The van der Waals surface area contributed by atoms with Gasteiger partial charge < -0.3 is 0 Å². The molecule has 2 heterocycles. The van der Waals surface area contributed by atoms with Gasteiger partial charge in [0.15, 0.2) is 0 Å².